The number of carbonyl (C=O) groups excluding carboxylic acids is 1. The fraction of sp³-hybridized carbons (Fsp3) is 0.435. The molecule has 0 radical (unpaired) electrons. The number of esters is 1. The maximum absolute atomic E-state index is 11.1. The Bertz CT molecular complexity index is 868. The van der Waals surface area contributed by atoms with Gasteiger partial charge in [-0.1, -0.05) is 56.1 Å². The minimum atomic E-state index is -0.535. The number of alkyl halides is 1. The third-order valence-corrected chi connectivity index (χ3v) is 5.63. The molecule has 2 rings (SSSR count). The first kappa shape index (κ1) is 24.6. The summed E-state index contributed by atoms with van der Waals surface area (Å²) in [6, 6.07) is 11.5. The van der Waals surface area contributed by atoms with Gasteiger partial charge in [-0.15, -0.1) is 11.6 Å². The third-order valence-electron chi connectivity index (χ3n) is 4.70. The highest BCUT2D eigenvalue weighted by atomic mass is 35.5. The first-order chi connectivity index (χ1) is 14.2. The molecule has 0 aliphatic heterocycles. The molecule has 164 valence electrons. The minimum Gasteiger partial charge on any atom is -0.492 e. The van der Waals surface area contributed by atoms with Crippen molar-refractivity contribution in [3.05, 3.63) is 57.6 Å². The standard InChI is InChI=1S/C23H27Cl3O4/c1-5-10-28-21-8-6-16(11-19(21)25)23(3,4)17-7-9-22(20(26)12-17)29-14-18(13-24)30-15(2)27/h6-9,11-12,18H,5,10,13-14H2,1-4H3/t18-/m1/s1. The first-order valence-electron chi connectivity index (χ1n) is 9.77. The van der Waals surface area contributed by atoms with Crippen LogP contribution in [-0.2, 0) is 14.9 Å². The summed E-state index contributed by atoms with van der Waals surface area (Å²) in [6.07, 6.45) is 0.384. The lowest BCUT2D eigenvalue weighted by molar-refractivity contribution is -0.146. The SMILES string of the molecule is CCCOc1ccc(C(C)(C)c2ccc(OC[C@@H](CCl)OC(C)=O)c(Cl)c2)cc1Cl. The zero-order valence-corrected chi connectivity index (χ0v) is 19.9. The predicted octanol–water partition coefficient (Wildman–Crippen LogP) is 6.66. The van der Waals surface area contributed by atoms with E-state index in [4.69, 9.17) is 49.0 Å². The van der Waals surface area contributed by atoms with Gasteiger partial charge in [0.25, 0.3) is 0 Å². The van der Waals surface area contributed by atoms with E-state index in [1.54, 1.807) is 6.07 Å². The Morgan fingerprint density at radius 3 is 1.97 bits per heavy atom. The van der Waals surface area contributed by atoms with Gasteiger partial charge in [0.05, 0.1) is 22.5 Å². The van der Waals surface area contributed by atoms with Gasteiger partial charge in [-0.2, -0.15) is 0 Å². The highest BCUT2D eigenvalue weighted by Gasteiger charge is 2.25. The van der Waals surface area contributed by atoms with Gasteiger partial charge in [-0.05, 0) is 41.8 Å². The molecule has 0 unspecified atom stereocenters. The van der Waals surface area contributed by atoms with Gasteiger partial charge in [-0.3, -0.25) is 4.79 Å². The van der Waals surface area contributed by atoms with E-state index in [1.807, 2.05) is 30.3 Å². The summed E-state index contributed by atoms with van der Waals surface area (Å²) in [7, 11) is 0. The Morgan fingerprint density at radius 1 is 1.00 bits per heavy atom. The molecule has 0 saturated heterocycles. The van der Waals surface area contributed by atoms with Gasteiger partial charge in [0.2, 0.25) is 0 Å². The second-order valence-corrected chi connectivity index (χ2v) is 8.58. The number of rotatable bonds is 10. The number of ether oxygens (including phenoxy) is 3. The zero-order valence-electron chi connectivity index (χ0n) is 17.6. The number of benzene rings is 2. The van der Waals surface area contributed by atoms with Crippen molar-refractivity contribution in [2.24, 2.45) is 0 Å². The van der Waals surface area contributed by atoms with Crippen LogP contribution in [0.4, 0.5) is 0 Å². The number of hydrogen-bond donors (Lipinski definition) is 0. The molecule has 0 aliphatic carbocycles. The Kier molecular flexibility index (Phi) is 9.14. The Labute approximate surface area is 193 Å². The van der Waals surface area contributed by atoms with Crippen LogP contribution in [-0.4, -0.2) is 31.2 Å². The molecule has 0 amide bonds. The van der Waals surface area contributed by atoms with Crippen molar-refractivity contribution in [1.82, 2.24) is 0 Å². The lowest BCUT2D eigenvalue weighted by Gasteiger charge is -2.27. The second-order valence-electron chi connectivity index (χ2n) is 7.46. The second kappa shape index (κ2) is 11.1. The van der Waals surface area contributed by atoms with Crippen LogP contribution in [0.2, 0.25) is 10.0 Å². The van der Waals surface area contributed by atoms with Crippen LogP contribution in [0.5, 0.6) is 11.5 Å². The molecule has 0 heterocycles. The number of hydrogen-bond acceptors (Lipinski definition) is 4. The van der Waals surface area contributed by atoms with Crippen molar-refractivity contribution in [2.45, 2.75) is 45.6 Å². The molecule has 0 aliphatic rings. The van der Waals surface area contributed by atoms with E-state index in [0.717, 1.165) is 17.5 Å². The van der Waals surface area contributed by atoms with Gasteiger partial charge in [0.1, 0.15) is 24.2 Å². The van der Waals surface area contributed by atoms with Crippen LogP contribution in [0.25, 0.3) is 0 Å². The lowest BCUT2D eigenvalue weighted by atomic mass is 9.78. The van der Waals surface area contributed by atoms with Crippen LogP contribution in [0.3, 0.4) is 0 Å². The third kappa shape index (κ3) is 6.44. The fourth-order valence-electron chi connectivity index (χ4n) is 2.92. The lowest BCUT2D eigenvalue weighted by Crippen LogP contribution is -2.25. The molecule has 30 heavy (non-hydrogen) atoms. The van der Waals surface area contributed by atoms with Crippen LogP contribution in [0.15, 0.2) is 36.4 Å². The molecule has 7 heteroatoms. The average molecular weight is 474 g/mol. The summed E-state index contributed by atoms with van der Waals surface area (Å²) in [5.41, 5.74) is 1.70. The minimum absolute atomic E-state index is 0.125. The van der Waals surface area contributed by atoms with E-state index in [1.165, 1.54) is 6.92 Å². The monoisotopic (exact) mass is 472 g/mol. The molecular formula is C23H27Cl3O4. The molecular weight excluding hydrogens is 447 g/mol. The summed E-state index contributed by atoms with van der Waals surface area (Å²) in [5.74, 6) is 0.916. The molecule has 0 saturated carbocycles. The maximum atomic E-state index is 11.1. The van der Waals surface area contributed by atoms with Crippen molar-refractivity contribution in [3.63, 3.8) is 0 Å². The van der Waals surface area contributed by atoms with E-state index >= 15 is 0 Å². The molecule has 0 spiro atoms. The van der Waals surface area contributed by atoms with Crippen molar-refractivity contribution in [2.75, 3.05) is 19.1 Å². The molecule has 4 nitrogen and oxygen atoms in total. The molecule has 0 aromatic heterocycles. The van der Waals surface area contributed by atoms with Gasteiger partial charge in [0.15, 0.2) is 0 Å². The largest absolute Gasteiger partial charge is 0.492 e. The summed E-state index contributed by atoms with van der Waals surface area (Å²) in [5, 5.41) is 1.04. The molecule has 2 aromatic carbocycles. The Balaban J connectivity index is 2.17. The molecule has 2 aromatic rings. The molecule has 0 bridgehead atoms. The van der Waals surface area contributed by atoms with E-state index in [2.05, 4.69) is 20.8 Å². The Hall–Kier alpha value is -1.62. The number of carbonyl (C=O) groups is 1. The molecule has 1 atom stereocenters. The maximum Gasteiger partial charge on any atom is 0.303 e. The first-order valence-corrected chi connectivity index (χ1v) is 11.1. The summed E-state index contributed by atoms with van der Waals surface area (Å²) < 4.78 is 16.4. The van der Waals surface area contributed by atoms with Crippen LogP contribution >= 0.6 is 34.8 Å². The highest BCUT2D eigenvalue weighted by molar-refractivity contribution is 6.32. The average Bonchev–Trinajstić information content (AvgIpc) is 2.70. The number of halogens is 3. The van der Waals surface area contributed by atoms with E-state index < -0.39 is 12.1 Å². The van der Waals surface area contributed by atoms with Crippen molar-refractivity contribution in [3.8, 4) is 11.5 Å². The van der Waals surface area contributed by atoms with E-state index in [9.17, 15) is 4.79 Å². The fourth-order valence-corrected chi connectivity index (χ4v) is 3.54. The molecule has 0 fully saturated rings. The van der Waals surface area contributed by atoms with E-state index in [-0.39, 0.29) is 17.9 Å². The quantitative estimate of drug-likeness (QED) is 0.286. The molecule has 0 N–H and O–H groups in total. The smallest absolute Gasteiger partial charge is 0.303 e. The predicted molar refractivity (Wildman–Crippen MR) is 123 cm³/mol. The van der Waals surface area contributed by atoms with Crippen molar-refractivity contribution < 1.29 is 19.0 Å². The normalized spacial score (nSPS) is 12.4. The van der Waals surface area contributed by atoms with Crippen LogP contribution < -0.4 is 9.47 Å². The van der Waals surface area contributed by atoms with Gasteiger partial charge in [-0.25, -0.2) is 0 Å². The van der Waals surface area contributed by atoms with E-state index in [0.29, 0.717) is 28.2 Å². The van der Waals surface area contributed by atoms with Crippen LogP contribution in [0.1, 0.15) is 45.2 Å². The van der Waals surface area contributed by atoms with Crippen LogP contribution in [0, 0.1) is 0 Å². The topological polar surface area (TPSA) is 44.8 Å². The van der Waals surface area contributed by atoms with Crippen molar-refractivity contribution in [1.29, 1.82) is 0 Å². The van der Waals surface area contributed by atoms with Gasteiger partial charge >= 0.3 is 5.97 Å². The summed E-state index contributed by atoms with van der Waals surface area (Å²) in [6.45, 7) is 8.33. The zero-order chi connectivity index (χ0) is 22.3. The van der Waals surface area contributed by atoms with Gasteiger partial charge < -0.3 is 14.2 Å². The Morgan fingerprint density at radius 2 is 1.53 bits per heavy atom. The highest BCUT2D eigenvalue weighted by Crippen LogP contribution is 2.38. The van der Waals surface area contributed by atoms with Gasteiger partial charge in [0, 0.05) is 12.3 Å². The van der Waals surface area contributed by atoms with Crippen molar-refractivity contribution >= 4 is 40.8 Å². The summed E-state index contributed by atoms with van der Waals surface area (Å²) >= 11 is 18.7. The summed E-state index contributed by atoms with van der Waals surface area (Å²) in [4.78, 5) is 11.1.